The zero-order valence-electron chi connectivity index (χ0n) is 9.23. The topological polar surface area (TPSA) is 46.5 Å². The van der Waals surface area contributed by atoms with E-state index in [0.29, 0.717) is 0 Å². The largest absolute Gasteiger partial charge is 0.361 e. The summed E-state index contributed by atoms with van der Waals surface area (Å²) in [6, 6.07) is 8.31. The molecule has 0 unspecified atom stereocenters. The molecule has 0 atom stereocenters. The van der Waals surface area contributed by atoms with E-state index in [9.17, 15) is 0 Å². The first-order chi connectivity index (χ1) is 7.75. The molecule has 0 spiro atoms. The van der Waals surface area contributed by atoms with E-state index in [1.54, 1.807) is 0 Å². The minimum Gasteiger partial charge on any atom is -0.361 e. The molecular weight excluding hydrogens is 200 g/mol. The van der Waals surface area contributed by atoms with Crippen LogP contribution in [-0.4, -0.2) is 19.7 Å². The highest BCUT2D eigenvalue weighted by molar-refractivity contribution is 5.83. The van der Waals surface area contributed by atoms with Crippen molar-refractivity contribution in [2.45, 2.75) is 6.92 Å². The van der Waals surface area contributed by atoms with Gasteiger partial charge in [0, 0.05) is 24.3 Å². The van der Waals surface area contributed by atoms with E-state index in [1.165, 1.54) is 5.39 Å². The third-order valence-corrected chi connectivity index (χ3v) is 2.91. The lowest BCUT2D eigenvalue weighted by molar-refractivity contribution is 0.865. The first-order valence-electron chi connectivity index (χ1n) is 5.19. The Bertz CT molecular complexity index is 648. The Morgan fingerprint density at radius 2 is 2.06 bits per heavy atom. The number of nitrogens with zero attached hydrogens (tertiary/aromatic N) is 3. The third kappa shape index (κ3) is 1.23. The monoisotopic (exact) mass is 212 g/mol. The molecule has 3 rings (SSSR count). The Hall–Kier alpha value is -2.10. The SMILES string of the molecule is Cc1nnc(-c2ccc3cc[nH]c3c2)n1C. The van der Waals surface area contributed by atoms with Crippen LogP contribution in [0.3, 0.4) is 0 Å². The summed E-state index contributed by atoms with van der Waals surface area (Å²) in [7, 11) is 1.98. The highest BCUT2D eigenvalue weighted by Crippen LogP contribution is 2.22. The summed E-state index contributed by atoms with van der Waals surface area (Å²) in [5, 5.41) is 9.45. The average Bonchev–Trinajstić information content (AvgIpc) is 2.86. The molecular formula is C12H12N4. The lowest BCUT2D eigenvalue weighted by Gasteiger charge is -2.01. The summed E-state index contributed by atoms with van der Waals surface area (Å²) in [5.41, 5.74) is 2.20. The first kappa shape index (κ1) is 9.15. The van der Waals surface area contributed by atoms with Crippen LogP contribution in [0.25, 0.3) is 22.3 Å². The second kappa shape index (κ2) is 3.20. The first-order valence-corrected chi connectivity index (χ1v) is 5.19. The zero-order chi connectivity index (χ0) is 11.1. The van der Waals surface area contributed by atoms with Crippen molar-refractivity contribution in [1.82, 2.24) is 19.7 Å². The molecule has 0 aliphatic heterocycles. The summed E-state index contributed by atoms with van der Waals surface area (Å²) < 4.78 is 1.99. The summed E-state index contributed by atoms with van der Waals surface area (Å²) in [6.45, 7) is 1.95. The molecule has 0 bridgehead atoms. The van der Waals surface area contributed by atoms with Crippen LogP contribution < -0.4 is 0 Å². The molecule has 2 heterocycles. The Labute approximate surface area is 92.9 Å². The van der Waals surface area contributed by atoms with Gasteiger partial charge in [0.05, 0.1) is 0 Å². The Morgan fingerprint density at radius 3 is 2.81 bits per heavy atom. The highest BCUT2D eigenvalue weighted by Gasteiger charge is 2.08. The quantitative estimate of drug-likeness (QED) is 0.672. The molecule has 16 heavy (non-hydrogen) atoms. The molecule has 80 valence electrons. The predicted molar refractivity (Wildman–Crippen MR) is 63.0 cm³/mol. The molecule has 0 amide bonds. The number of hydrogen-bond acceptors (Lipinski definition) is 2. The highest BCUT2D eigenvalue weighted by atomic mass is 15.3. The molecule has 3 aromatic rings. The molecule has 1 aromatic carbocycles. The van der Waals surface area contributed by atoms with Gasteiger partial charge in [-0.05, 0) is 24.4 Å². The second-order valence-corrected chi connectivity index (χ2v) is 3.91. The van der Waals surface area contributed by atoms with Crippen LogP contribution in [0.5, 0.6) is 0 Å². The molecule has 2 aromatic heterocycles. The van der Waals surface area contributed by atoms with Gasteiger partial charge in [-0.3, -0.25) is 0 Å². The van der Waals surface area contributed by atoms with Crippen molar-refractivity contribution in [3.05, 3.63) is 36.3 Å². The van der Waals surface area contributed by atoms with Gasteiger partial charge in [0.25, 0.3) is 0 Å². The van der Waals surface area contributed by atoms with Crippen molar-refractivity contribution in [3.8, 4) is 11.4 Å². The van der Waals surface area contributed by atoms with Gasteiger partial charge in [0.15, 0.2) is 5.82 Å². The van der Waals surface area contributed by atoms with Crippen LogP contribution in [0.15, 0.2) is 30.5 Å². The maximum absolute atomic E-state index is 4.18. The van der Waals surface area contributed by atoms with E-state index in [4.69, 9.17) is 0 Å². The van der Waals surface area contributed by atoms with E-state index in [2.05, 4.69) is 39.4 Å². The minimum atomic E-state index is 0.897. The number of hydrogen-bond donors (Lipinski definition) is 1. The van der Waals surface area contributed by atoms with Crippen LogP contribution in [-0.2, 0) is 7.05 Å². The number of aromatic amines is 1. The van der Waals surface area contributed by atoms with Gasteiger partial charge in [0.2, 0.25) is 0 Å². The molecule has 0 saturated carbocycles. The zero-order valence-corrected chi connectivity index (χ0v) is 9.23. The smallest absolute Gasteiger partial charge is 0.163 e. The van der Waals surface area contributed by atoms with E-state index in [0.717, 1.165) is 22.7 Å². The lowest BCUT2D eigenvalue weighted by atomic mass is 10.1. The van der Waals surface area contributed by atoms with Crippen molar-refractivity contribution < 1.29 is 0 Å². The van der Waals surface area contributed by atoms with Gasteiger partial charge in [-0.25, -0.2) is 0 Å². The predicted octanol–water partition coefficient (Wildman–Crippen LogP) is 2.27. The Balaban J connectivity index is 2.21. The van der Waals surface area contributed by atoms with Crippen LogP contribution in [0.1, 0.15) is 5.82 Å². The van der Waals surface area contributed by atoms with Crippen molar-refractivity contribution in [1.29, 1.82) is 0 Å². The number of aryl methyl sites for hydroxylation is 1. The molecule has 0 radical (unpaired) electrons. The lowest BCUT2D eigenvalue weighted by Crippen LogP contribution is -1.94. The van der Waals surface area contributed by atoms with Crippen molar-refractivity contribution in [2.75, 3.05) is 0 Å². The van der Waals surface area contributed by atoms with E-state index in [1.807, 2.05) is 24.7 Å². The summed E-state index contributed by atoms with van der Waals surface area (Å²) in [6.07, 6.45) is 1.94. The Morgan fingerprint density at radius 1 is 1.19 bits per heavy atom. The molecule has 0 aliphatic rings. The summed E-state index contributed by atoms with van der Waals surface area (Å²) >= 11 is 0. The fourth-order valence-corrected chi connectivity index (χ4v) is 1.85. The van der Waals surface area contributed by atoms with E-state index < -0.39 is 0 Å². The standard InChI is InChI=1S/C12H12N4/c1-8-14-15-12(16(8)2)10-4-3-9-5-6-13-11(9)7-10/h3-7,13H,1-2H3. The van der Waals surface area contributed by atoms with Crippen LogP contribution >= 0.6 is 0 Å². The third-order valence-electron chi connectivity index (χ3n) is 2.91. The number of benzene rings is 1. The molecule has 1 N–H and O–H groups in total. The fourth-order valence-electron chi connectivity index (χ4n) is 1.85. The molecule has 0 fully saturated rings. The number of rotatable bonds is 1. The van der Waals surface area contributed by atoms with Gasteiger partial charge in [-0.2, -0.15) is 0 Å². The van der Waals surface area contributed by atoms with Crippen molar-refractivity contribution in [2.24, 2.45) is 7.05 Å². The van der Waals surface area contributed by atoms with Crippen molar-refractivity contribution >= 4 is 10.9 Å². The minimum absolute atomic E-state index is 0.897. The molecule has 4 nitrogen and oxygen atoms in total. The number of aromatic nitrogens is 4. The van der Waals surface area contributed by atoms with Gasteiger partial charge >= 0.3 is 0 Å². The molecule has 4 heteroatoms. The average molecular weight is 212 g/mol. The summed E-state index contributed by atoms with van der Waals surface area (Å²) in [4.78, 5) is 3.20. The van der Waals surface area contributed by atoms with Crippen LogP contribution in [0.4, 0.5) is 0 Å². The maximum Gasteiger partial charge on any atom is 0.163 e. The van der Waals surface area contributed by atoms with Gasteiger partial charge in [-0.1, -0.05) is 12.1 Å². The molecule has 0 aliphatic carbocycles. The Kier molecular flexibility index (Phi) is 1.83. The second-order valence-electron chi connectivity index (χ2n) is 3.91. The van der Waals surface area contributed by atoms with E-state index in [-0.39, 0.29) is 0 Å². The van der Waals surface area contributed by atoms with E-state index >= 15 is 0 Å². The fraction of sp³-hybridized carbons (Fsp3) is 0.167. The van der Waals surface area contributed by atoms with Gasteiger partial charge in [-0.15, -0.1) is 10.2 Å². The summed E-state index contributed by atoms with van der Waals surface area (Å²) in [5.74, 6) is 1.82. The number of nitrogens with one attached hydrogen (secondary N) is 1. The van der Waals surface area contributed by atoms with Gasteiger partial charge < -0.3 is 9.55 Å². The van der Waals surface area contributed by atoms with Gasteiger partial charge in [0.1, 0.15) is 5.82 Å². The number of fused-ring (bicyclic) bond motifs is 1. The molecule has 0 saturated heterocycles. The van der Waals surface area contributed by atoms with Crippen LogP contribution in [0, 0.1) is 6.92 Å². The van der Waals surface area contributed by atoms with Crippen molar-refractivity contribution in [3.63, 3.8) is 0 Å². The normalized spacial score (nSPS) is 11.1. The van der Waals surface area contributed by atoms with Crippen LogP contribution in [0.2, 0.25) is 0 Å². The maximum atomic E-state index is 4.18. The number of H-pyrrole nitrogens is 1.